The molecule has 0 radical (unpaired) electrons. The van der Waals surface area contributed by atoms with E-state index < -0.39 is 0 Å². The number of halogens is 1. The predicted molar refractivity (Wildman–Crippen MR) is 89.1 cm³/mol. The van der Waals surface area contributed by atoms with Crippen molar-refractivity contribution in [2.24, 2.45) is 0 Å². The van der Waals surface area contributed by atoms with Crippen LogP contribution in [0.15, 0.2) is 10.6 Å². The molecule has 0 aromatic carbocycles. The van der Waals surface area contributed by atoms with Gasteiger partial charge in [0.25, 0.3) is 11.6 Å². The van der Waals surface area contributed by atoms with E-state index in [-0.39, 0.29) is 24.4 Å². The van der Waals surface area contributed by atoms with Crippen LogP contribution >= 0.6 is 12.4 Å². The molecule has 1 amide bonds. The average molecular weight is 337 g/mol. The van der Waals surface area contributed by atoms with Gasteiger partial charge >= 0.3 is 0 Å². The number of hydrogen-bond acceptors (Lipinski definition) is 5. The molecule has 0 bridgehead atoms. The van der Waals surface area contributed by atoms with Crippen LogP contribution in [0.4, 0.5) is 0 Å². The number of fused-ring (bicyclic) bond motifs is 1. The minimum absolute atomic E-state index is 0. The van der Waals surface area contributed by atoms with E-state index in [2.05, 4.69) is 20.8 Å². The van der Waals surface area contributed by atoms with E-state index in [0.717, 1.165) is 55.5 Å². The fraction of sp³-hybridized carbons (Fsp3) is 0.562. The normalized spacial score (nSPS) is 21.0. The van der Waals surface area contributed by atoms with Gasteiger partial charge in [-0.2, -0.15) is 0 Å². The van der Waals surface area contributed by atoms with Crippen molar-refractivity contribution in [1.82, 2.24) is 20.8 Å². The topological polar surface area (TPSA) is 80.0 Å². The van der Waals surface area contributed by atoms with Crippen molar-refractivity contribution in [3.63, 3.8) is 0 Å². The maximum atomic E-state index is 12.7. The average Bonchev–Trinajstić information content (AvgIpc) is 3.32. The van der Waals surface area contributed by atoms with Gasteiger partial charge in [-0.05, 0) is 45.2 Å². The highest BCUT2D eigenvalue weighted by Crippen LogP contribution is 2.40. The molecule has 4 rings (SSSR count). The SMILES string of the molecule is Cc1noc2nc(C3CC3)cc(C(=O)NC3CCCNC3)c12.Cl. The molecule has 1 atom stereocenters. The summed E-state index contributed by atoms with van der Waals surface area (Å²) in [6.45, 7) is 3.71. The van der Waals surface area contributed by atoms with Crippen LogP contribution < -0.4 is 10.6 Å². The Balaban J connectivity index is 0.00000156. The second kappa shape index (κ2) is 6.45. The molecule has 2 fully saturated rings. The van der Waals surface area contributed by atoms with E-state index in [1.54, 1.807) is 0 Å². The third-order valence-electron chi connectivity index (χ3n) is 4.51. The van der Waals surface area contributed by atoms with Crippen molar-refractivity contribution in [3.05, 3.63) is 23.0 Å². The molecule has 2 aliphatic rings. The van der Waals surface area contributed by atoms with Gasteiger partial charge < -0.3 is 15.2 Å². The summed E-state index contributed by atoms with van der Waals surface area (Å²) in [6, 6.07) is 2.12. The first-order chi connectivity index (χ1) is 10.7. The van der Waals surface area contributed by atoms with Crippen LogP contribution in [0.5, 0.6) is 0 Å². The van der Waals surface area contributed by atoms with E-state index in [9.17, 15) is 4.79 Å². The van der Waals surface area contributed by atoms with Gasteiger partial charge in [-0.3, -0.25) is 4.79 Å². The maximum Gasteiger partial charge on any atom is 0.259 e. The fourth-order valence-electron chi connectivity index (χ4n) is 3.12. The first-order valence-corrected chi connectivity index (χ1v) is 8.01. The van der Waals surface area contributed by atoms with E-state index >= 15 is 0 Å². The Hall–Kier alpha value is -1.66. The molecule has 2 aromatic rings. The molecule has 6 nitrogen and oxygen atoms in total. The smallest absolute Gasteiger partial charge is 0.259 e. The number of aromatic nitrogens is 2. The largest absolute Gasteiger partial charge is 0.348 e. The summed E-state index contributed by atoms with van der Waals surface area (Å²) in [5.74, 6) is 0.423. The molecule has 0 spiro atoms. The van der Waals surface area contributed by atoms with Crippen molar-refractivity contribution in [1.29, 1.82) is 0 Å². The number of nitrogens with one attached hydrogen (secondary N) is 2. The molecule has 7 heteroatoms. The molecule has 1 aliphatic heterocycles. The number of amides is 1. The van der Waals surface area contributed by atoms with Crippen molar-refractivity contribution >= 4 is 29.4 Å². The Labute approximate surface area is 140 Å². The Morgan fingerprint density at radius 2 is 2.22 bits per heavy atom. The molecule has 1 saturated heterocycles. The monoisotopic (exact) mass is 336 g/mol. The lowest BCUT2D eigenvalue weighted by molar-refractivity contribution is 0.0932. The summed E-state index contributed by atoms with van der Waals surface area (Å²) in [7, 11) is 0. The van der Waals surface area contributed by atoms with Crippen LogP contribution in [0.25, 0.3) is 11.1 Å². The summed E-state index contributed by atoms with van der Waals surface area (Å²) < 4.78 is 5.29. The molecule has 2 aromatic heterocycles. The Morgan fingerprint density at radius 1 is 1.39 bits per heavy atom. The number of carbonyl (C=O) groups excluding carboxylic acids is 1. The number of pyridine rings is 1. The lowest BCUT2D eigenvalue weighted by Crippen LogP contribution is -2.45. The third kappa shape index (κ3) is 3.19. The minimum Gasteiger partial charge on any atom is -0.348 e. The molecule has 1 aliphatic carbocycles. The summed E-state index contributed by atoms with van der Waals surface area (Å²) in [6.07, 6.45) is 4.39. The van der Waals surface area contributed by atoms with Gasteiger partial charge in [-0.15, -0.1) is 12.4 Å². The van der Waals surface area contributed by atoms with E-state index in [1.165, 1.54) is 0 Å². The fourth-order valence-corrected chi connectivity index (χ4v) is 3.12. The maximum absolute atomic E-state index is 12.7. The lowest BCUT2D eigenvalue weighted by Gasteiger charge is -2.24. The second-order valence-corrected chi connectivity index (χ2v) is 6.33. The number of carbonyl (C=O) groups is 1. The number of hydrogen-bond donors (Lipinski definition) is 2. The van der Waals surface area contributed by atoms with E-state index in [0.29, 0.717) is 17.2 Å². The summed E-state index contributed by atoms with van der Waals surface area (Å²) in [4.78, 5) is 17.3. The van der Waals surface area contributed by atoms with Gasteiger partial charge in [-0.1, -0.05) is 5.16 Å². The zero-order valence-electron chi connectivity index (χ0n) is 13.1. The van der Waals surface area contributed by atoms with Crippen molar-refractivity contribution in [3.8, 4) is 0 Å². The van der Waals surface area contributed by atoms with Crippen LogP contribution in [0.3, 0.4) is 0 Å². The van der Waals surface area contributed by atoms with Crippen molar-refractivity contribution in [2.45, 2.75) is 44.6 Å². The molecule has 124 valence electrons. The van der Waals surface area contributed by atoms with Gasteiger partial charge in [0, 0.05) is 24.2 Å². The van der Waals surface area contributed by atoms with E-state index in [4.69, 9.17) is 4.52 Å². The molecule has 1 saturated carbocycles. The highest BCUT2D eigenvalue weighted by molar-refractivity contribution is 6.06. The van der Waals surface area contributed by atoms with Crippen molar-refractivity contribution in [2.75, 3.05) is 13.1 Å². The van der Waals surface area contributed by atoms with Gasteiger partial charge in [0.15, 0.2) is 0 Å². The van der Waals surface area contributed by atoms with E-state index in [1.807, 2.05) is 13.0 Å². The van der Waals surface area contributed by atoms with Crippen molar-refractivity contribution < 1.29 is 9.32 Å². The number of rotatable bonds is 3. The number of aryl methyl sites for hydroxylation is 1. The van der Waals surface area contributed by atoms with Crippen LogP contribution in [0.1, 0.15) is 53.3 Å². The van der Waals surface area contributed by atoms with Crippen LogP contribution in [0, 0.1) is 6.92 Å². The number of nitrogens with zero attached hydrogens (tertiary/aromatic N) is 2. The molecule has 3 heterocycles. The predicted octanol–water partition coefficient (Wildman–Crippen LogP) is 2.31. The molecule has 2 N–H and O–H groups in total. The summed E-state index contributed by atoms with van der Waals surface area (Å²) in [5, 5.41) is 11.2. The zero-order chi connectivity index (χ0) is 15.1. The Morgan fingerprint density at radius 3 is 2.91 bits per heavy atom. The first-order valence-electron chi connectivity index (χ1n) is 8.01. The highest BCUT2D eigenvalue weighted by Gasteiger charge is 2.29. The van der Waals surface area contributed by atoms with Crippen LogP contribution in [0.2, 0.25) is 0 Å². The van der Waals surface area contributed by atoms with Gasteiger partial charge in [0.1, 0.15) is 0 Å². The number of piperidine rings is 1. The second-order valence-electron chi connectivity index (χ2n) is 6.33. The van der Waals surface area contributed by atoms with Crippen LogP contribution in [-0.4, -0.2) is 35.2 Å². The zero-order valence-corrected chi connectivity index (χ0v) is 13.9. The third-order valence-corrected chi connectivity index (χ3v) is 4.51. The van der Waals surface area contributed by atoms with Gasteiger partial charge in [-0.25, -0.2) is 4.98 Å². The van der Waals surface area contributed by atoms with Crippen LogP contribution in [-0.2, 0) is 0 Å². The Bertz CT molecular complexity index is 720. The first kappa shape index (κ1) is 16.2. The lowest BCUT2D eigenvalue weighted by atomic mass is 10.0. The highest BCUT2D eigenvalue weighted by atomic mass is 35.5. The quantitative estimate of drug-likeness (QED) is 0.899. The molecule has 1 unspecified atom stereocenters. The summed E-state index contributed by atoms with van der Waals surface area (Å²) >= 11 is 0. The van der Waals surface area contributed by atoms with Gasteiger partial charge in [0.2, 0.25) is 0 Å². The molecule has 23 heavy (non-hydrogen) atoms. The standard InChI is InChI=1S/C16H20N4O2.ClH/c1-9-14-12(15(21)18-11-3-2-6-17-8-11)7-13(10-4-5-10)19-16(14)22-20-9;/h7,10-11,17H,2-6,8H2,1H3,(H,18,21);1H. The Kier molecular flexibility index (Phi) is 4.55. The molecular formula is C16H21ClN4O2. The molecular weight excluding hydrogens is 316 g/mol. The summed E-state index contributed by atoms with van der Waals surface area (Å²) in [5.41, 5.74) is 2.80. The minimum atomic E-state index is -0.0469. The van der Waals surface area contributed by atoms with Gasteiger partial charge in [0.05, 0.1) is 16.6 Å².